The molecule has 4 nitrogen and oxygen atoms in total. The highest BCUT2D eigenvalue weighted by molar-refractivity contribution is 7.99. The molecule has 2 rings (SSSR count). The van der Waals surface area contributed by atoms with Crippen LogP contribution in [0.3, 0.4) is 0 Å². The zero-order valence-corrected chi connectivity index (χ0v) is 13.7. The van der Waals surface area contributed by atoms with Crippen LogP contribution in [0.5, 0.6) is 0 Å². The number of thioether (sulfide) groups is 1. The van der Waals surface area contributed by atoms with Gasteiger partial charge in [0.05, 0.1) is 11.4 Å². The summed E-state index contributed by atoms with van der Waals surface area (Å²) < 4.78 is 5.33. The monoisotopic (exact) mass is 306 g/mol. The van der Waals surface area contributed by atoms with Gasteiger partial charge < -0.3 is 9.63 Å². The van der Waals surface area contributed by atoms with Gasteiger partial charge in [0, 0.05) is 11.2 Å². The Morgan fingerprint density at radius 2 is 1.90 bits per heavy atom. The summed E-state index contributed by atoms with van der Waals surface area (Å²) in [5.74, 6) is 1.93. The molecule has 0 bridgehead atoms. The molecule has 0 saturated heterocycles. The van der Waals surface area contributed by atoms with Crippen molar-refractivity contribution in [3.8, 4) is 0 Å². The van der Waals surface area contributed by atoms with Crippen molar-refractivity contribution in [3.05, 3.63) is 47.6 Å². The van der Waals surface area contributed by atoms with Gasteiger partial charge in [0.1, 0.15) is 0 Å². The Balaban J connectivity index is 1.93. The van der Waals surface area contributed by atoms with Crippen LogP contribution in [-0.4, -0.2) is 21.0 Å². The Bertz CT molecular complexity index is 563. The number of aliphatic hydroxyl groups is 1. The minimum atomic E-state index is -0.483. The average molecular weight is 306 g/mol. The van der Waals surface area contributed by atoms with E-state index in [9.17, 15) is 5.11 Å². The number of aliphatic hydroxyl groups excluding tert-OH is 1. The van der Waals surface area contributed by atoms with Gasteiger partial charge in [-0.05, 0) is 12.5 Å². The summed E-state index contributed by atoms with van der Waals surface area (Å²) in [6.45, 7) is 8.18. The van der Waals surface area contributed by atoms with E-state index in [1.807, 2.05) is 37.3 Å². The van der Waals surface area contributed by atoms with E-state index in [2.05, 4.69) is 30.9 Å². The third-order valence-corrected chi connectivity index (χ3v) is 4.36. The van der Waals surface area contributed by atoms with Gasteiger partial charge in [0.2, 0.25) is 5.89 Å². The first-order chi connectivity index (χ1) is 9.88. The molecule has 0 aliphatic heterocycles. The summed E-state index contributed by atoms with van der Waals surface area (Å²) in [6.07, 6.45) is -0.483. The maximum atomic E-state index is 10.2. The number of benzene rings is 1. The van der Waals surface area contributed by atoms with Gasteiger partial charge in [0.25, 0.3) is 0 Å². The number of hydrogen-bond donors (Lipinski definition) is 1. The molecule has 0 saturated carbocycles. The van der Waals surface area contributed by atoms with Crippen molar-refractivity contribution in [2.75, 3.05) is 5.75 Å². The predicted molar refractivity (Wildman–Crippen MR) is 85.3 cm³/mol. The van der Waals surface area contributed by atoms with Gasteiger partial charge >= 0.3 is 0 Å². The first-order valence-corrected chi connectivity index (χ1v) is 8.11. The lowest BCUT2D eigenvalue weighted by atomic mass is 9.96. The van der Waals surface area contributed by atoms with Crippen LogP contribution >= 0.6 is 11.8 Å². The minimum absolute atomic E-state index is 0.0620. The second-order valence-corrected chi connectivity index (χ2v) is 7.48. The highest BCUT2D eigenvalue weighted by Crippen LogP contribution is 2.31. The summed E-state index contributed by atoms with van der Waals surface area (Å²) in [5.41, 5.74) is 0.813. The van der Waals surface area contributed by atoms with Crippen molar-refractivity contribution in [1.29, 1.82) is 0 Å². The Kier molecular flexibility index (Phi) is 5.06. The first kappa shape index (κ1) is 16.0. The molecule has 1 heterocycles. The molecule has 2 atom stereocenters. The molecule has 0 amide bonds. The third-order valence-electron chi connectivity index (χ3n) is 3.15. The summed E-state index contributed by atoms with van der Waals surface area (Å²) in [6, 6.07) is 9.67. The van der Waals surface area contributed by atoms with Gasteiger partial charge in [-0.3, -0.25) is 0 Å². The summed E-state index contributed by atoms with van der Waals surface area (Å²) >= 11 is 1.61. The molecular weight excluding hydrogens is 284 g/mol. The molecule has 1 N–H and O–H groups in total. The zero-order chi connectivity index (χ0) is 15.5. The number of hydrogen-bond acceptors (Lipinski definition) is 5. The van der Waals surface area contributed by atoms with E-state index in [4.69, 9.17) is 4.52 Å². The fourth-order valence-electron chi connectivity index (χ4n) is 1.78. The van der Waals surface area contributed by atoms with Crippen LogP contribution in [0, 0.1) is 0 Å². The third kappa shape index (κ3) is 4.32. The van der Waals surface area contributed by atoms with Crippen LogP contribution in [0.1, 0.15) is 56.3 Å². The topological polar surface area (TPSA) is 59.2 Å². The minimum Gasteiger partial charge on any atom is -0.388 e. The van der Waals surface area contributed by atoms with Crippen molar-refractivity contribution in [3.63, 3.8) is 0 Å². The fraction of sp³-hybridized carbons (Fsp3) is 0.500. The maximum Gasteiger partial charge on any atom is 0.239 e. The van der Waals surface area contributed by atoms with Gasteiger partial charge in [-0.1, -0.05) is 56.3 Å². The molecule has 0 spiro atoms. The lowest BCUT2D eigenvalue weighted by molar-refractivity contribution is 0.204. The van der Waals surface area contributed by atoms with E-state index in [-0.39, 0.29) is 10.7 Å². The molecule has 21 heavy (non-hydrogen) atoms. The number of nitrogens with zero attached hydrogens (tertiary/aromatic N) is 2. The smallest absolute Gasteiger partial charge is 0.239 e. The normalized spacial score (nSPS) is 14.9. The van der Waals surface area contributed by atoms with E-state index >= 15 is 0 Å². The van der Waals surface area contributed by atoms with E-state index in [1.54, 1.807) is 11.8 Å². The SMILES string of the molecule is CC(SCC(O)c1ccccc1)c1nc(C(C)(C)C)no1. The van der Waals surface area contributed by atoms with Crippen molar-refractivity contribution in [2.45, 2.75) is 44.5 Å². The number of rotatable bonds is 5. The zero-order valence-electron chi connectivity index (χ0n) is 12.9. The molecule has 2 aromatic rings. The van der Waals surface area contributed by atoms with Crippen LogP contribution in [0.25, 0.3) is 0 Å². The van der Waals surface area contributed by atoms with E-state index in [1.165, 1.54) is 0 Å². The molecule has 0 fully saturated rings. The second-order valence-electron chi connectivity index (χ2n) is 6.11. The standard InChI is InChI=1S/C16H22N2O2S/c1-11(14-17-15(18-20-14)16(2,3)4)21-10-13(19)12-8-6-5-7-9-12/h5-9,11,13,19H,10H2,1-4H3. The van der Waals surface area contributed by atoms with Gasteiger partial charge in [-0.25, -0.2) is 0 Å². The van der Waals surface area contributed by atoms with Crippen molar-refractivity contribution >= 4 is 11.8 Å². The molecule has 2 unspecified atom stereocenters. The molecule has 1 aromatic heterocycles. The van der Waals surface area contributed by atoms with Crippen LogP contribution < -0.4 is 0 Å². The quantitative estimate of drug-likeness (QED) is 0.908. The Morgan fingerprint density at radius 1 is 1.24 bits per heavy atom. The summed E-state index contributed by atoms with van der Waals surface area (Å²) in [7, 11) is 0. The largest absolute Gasteiger partial charge is 0.388 e. The molecule has 0 radical (unpaired) electrons. The highest BCUT2D eigenvalue weighted by atomic mass is 32.2. The van der Waals surface area contributed by atoms with E-state index in [0.29, 0.717) is 17.5 Å². The Hall–Kier alpha value is -1.33. The van der Waals surface area contributed by atoms with Crippen LogP contribution in [0.4, 0.5) is 0 Å². The van der Waals surface area contributed by atoms with Crippen molar-refractivity contribution in [1.82, 2.24) is 10.1 Å². The van der Waals surface area contributed by atoms with Crippen molar-refractivity contribution < 1.29 is 9.63 Å². The summed E-state index contributed by atoms with van der Waals surface area (Å²) in [5, 5.41) is 14.3. The average Bonchev–Trinajstić information content (AvgIpc) is 2.95. The molecular formula is C16H22N2O2S. The Labute approximate surface area is 130 Å². The molecule has 114 valence electrons. The highest BCUT2D eigenvalue weighted by Gasteiger charge is 2.23. The van der Waals surface area contributed by atoms with Gasteiger partial charge in [0.15, 0.2) is 5.82 Å². The van der Waals surface area contributed by atoms with Crippen LogP contribution in [-0.2, 0) is 5.41 Å². The van der Waals surface area contributed by atoms with E-state index in [0.717, 1.165) is 5.56 Å². The fourth-order valence-corrected chi connectivity index (χ4v) is 2.68. The lowest BCUT2D eigenvalue weighted by Crippen LogP contribution is -2.13. The van der Waals surface area contributed by atoms with Crippen LogP contribution in [0.2, 0.25) is 0 Å². The molecule has 5 heteroatoms. The number of aromatic nitrogens is 2. The molecule has 0 aliphatic rings. The molecule has 1 aromatic carbocycles. The van der Waals surface area contributed by atoms with Gasteiger partial charge in [-0.2, -0.15) is 4.98 Å². The van der Waals surface area contributed by atoms with Crippen molar-refractivity contribution in [2.24, 2.45) is 0 Å². The lowest BCUT2D eigenvalue weighted by Gasteiger charge is -2.13. The van der Waals surface area contributed by atoms with Gasteiger partial charge in [-0.15, -0.1) is 11.8 Å². The van der Waals surface area contributed by atoms with Crippen LogP contribution in [0.15, 0.2) is 34.9 Å². The summed E-state index contributed by atoms with van der Waals surface area (Å²) in [4.78, 5) is 4.45. The van der Waals surface area contributed by atoms with E-state index < -0.39 is 6.10 Å². The predicted octanol–water partition coefficient (Wildman–Crippen LogP) is 3.89. The second kappa shape index (κ2) is 6.62. The maximum absolute atomic E-state index is 10.2. The first-order valence-electron chi connectivity index (χ1n) is 7.06. The Morgan fingerprint density at radius 3 is 2.48 bits per heavy atom. The molecule has 0 aliphatic carbocycles.